The monoisotopic (exact) mass is 288 g/mol. The van der Waals surface area contributed by atoms with Gasteiger partial charge in [0.2, 0.25) is 0 Å². The molecular weight excluding hydrogens is 260 g/mol. The summed E-state index contributed by atoms with van der Waals surface area (Å²) in [6, 6.07) is 9.85. The molecule has 3 atom stereocenters. The molecule has 21 heavy (non-hydrogen) atoms. The second-order valence-electron chi connectivity index (χ2n) is 6.49. The van der Waals surface area contributed by atoms with Crippen molar-refractivity contribution < 1.29 is 4.74 Å². The molecule has 3 heteroatoms. The van der Waals surface area contributed by atoms with Crippen LogP contribution in [0.5, 0.6) is 5.75 Å². The highest BCUT2D eigenvalue weighted by Crippen LogP contribution is 2.32. The predicted molar refractivity (Wildman–Crippen MR) is 86.6 cm³/mol. The Bertz CT molecular complexity index is 425. The topological polar surface area (TPSA) is 33.3 Å². The van der Waals surface area contributed by atoms with E-state index in [-0.39, 0.29) is 0 Å². The predicted octanol–water partition coefficient (Wildman–Crippen LogP) is 3.10. The van der Waals surface area contributed by atoms with E-state index in [1.54, 1.807) is 7.11 Å². The van der Waals surface area contributed by atoms with Gasteiger partial charge in [-0.15, -0.1) is 0 Å². The van der Waals surface area contributed by atoms with Gasteiger partial charge in [-0.2, -0.15) is 0 Å². The lowest BCUT2D eigenvalue weighted by Gasteiger charge is -2.33. The maximum absolute atomic E-state index is 5.21. The number of piperidine rings is 1. The van der Waals surface area contributed by atoms with E-state index in [0.29, 0.717) is 6.04 Å². The van der Waals surface area contributed by atoms with Crippen LogP contribution in [-0.2, 0) is 6.54 Å². The van der Waals surface area contributed by atoms with Crippen LogP contribution in [0.15, 0.2) is 24.3 Å². The lowest BCUT2D eigenvalue weighted by molar-refractivity contribution is 0.257. The van der Waals surface area contributed by atoms with Crippen LogP contribution in [0.25, 0.3) is 0 Å². The van der Waals surface area contributed by atoms with Crippen molar-refractivity contribution in [3.63, 3.8) is 0 Å². The van der Waals surface area contributed by atoms with Crippen LogP contribution in [-0.4, -0.2) is 25.7 Å². The summed E-state index contributed by atoms with van der Waals surface area (Å²) in [5, 5.41) is 7.55. The van der Waals surface area contributed by atoms with Gasteiger partial charge in [-0.1, -0.05) is 25.0 Å². The first-order chi connectivity index (χ1) is 10.4. The highest BCUT2D eigenvalue weighted by atomic mass is 16.5. The number of hydrogen-bond donors (Lipinski definition) is 2. The molecule has 1 aliphatic carbocycles. The summed E-state index contributed by atoms with van der Waals surface area (Å²) in [7, 11) is 1.72. The summed E-state index contributed by atoms with van der Waals surface area (Å²) in [6.07, 6.45) is 8.22. The third-order valence-corrected chi connectivity index (χ3v) is 5.16. The maximum Gasteiger partial charge on any atom is 0.118 e. The van der Waals surface area contributed by atoms with Crippen LogP contribution in [0.4, 0.5) is 0 Å². The molecule has 1 aliphatic heterocycles. The van der Waals surface area contributed by atoms with Gasteiger partial charge in [0.1, 0.15) is 5.75 Å². The first-order valence-electron chi connectivity index (χ1n) is 8.46. The van der Waals surface area contributed by atoms with Crippen molar-refractivity contribution in [3.8, 4) is 5.75 Å². The highest BCUT2D eigenvalue weighted by molar-refractivity contribution is 5.27. The fourth-order valence-corrected chi connectivity index (χ4v) is 3.96. The molecule has 3 rings (SSSR count). The molecule has 1 heterocycles. The third kappa shape index (κ3) is 3.78. The van der Waals surface area contributed by atoms with Gasteiger partial charge in [-0.25, -0.2) is 0 Å². The van der Waals surface area contributed by atoms with E-state index in [1.807, 2.05) is 12.1 Å². The lowest BCUT2D eigenvalue weighted by atomic mass is 9.88. The molecule has 3 unspecified atom stereocenters. The summed E-state index contributed by atoms with van der Waals surface area (Å²) in [6.45, 7) is 2.18. The number of methoxy groups -OCH3 is 1. The van der Waals surface area contributed by atoms with Gasteiger partial charge in [0, 0.05) is 18.6 Å². The summed E-state index contributed by atoms with van der Waals surface area (Å²) in [5.41, 5.74) is 1.35. The molecule has 116 valence electrons. The van der Waals surface area contributed by atoms with Crippen LogP contribution < -0.4 is 15.4 Å². The molecule has 0 aromatic heterocycles. The van der Waals surface area contributed by atoms with Gasteiger partial charge in [0.25, 0.3) is 0 Å². The lowest BCUT2D eigenvalue weighted by Crippen LogP contribution is -2.46. The number of benzene rings is 1. The van der Waals surface area contributed by atoms with Crippen molar-refractivity contribution >= 4 is 0 Å². The van der Waals surface area contributed by atoms with Crippen molar-refractivity contribution in [1.82, 2.24) is 10.6 Å². The van der Waals surface area contributed by atoms with Crippen molar-refractivity contribution in [2.24, 2.45) is 5.92 Å². The minimum absolute atomic E-state index is 0.683. The van der Waals surface area contributed by atoms with E-state index in [1.165, 1.54) is 50.6 Å². The molecule has 1 aromatic carbocycles. The van der Waals surface area contributed by atoms with Gasteiger partial charge in [0.15, 0.2) is 0 Å². The van der Waals surface area contributed by atoms with E-state index in [0.717, 1.165) is 24.3 Å². The van der Waals surface area contributed by atoms with Gasteiger partial charge < -0.3 is 15.4 Å². The Morgan fingerprint density at radius 3 is 2.67 bits per heavy atom. The Morgan fingerprint density at radius 1 is 1.10 bits per heavy atom. The Kier molecular flexibility index (Phi) is 5.15. The molecule has 0 radical (unpaired) electrons. The second-order valence-corrected chi connectivity index (χ2v) is 6.49. The first-order valence-corrected chi connectivity index (χ1v) is 8.46. The summed E-state index contributed by atoms with van der Waals surface area (Å²) >= 11 is 0. The van der Waals surface area contributed by atoms with E-state index < -0.39 is 0 Å². The van der Waals surface area contributed by atoms with E-state index in [2.05, 4.69) is 22.8 Å². The SMILES string of the molecule is COc1ccc(CNC2CCCC2C2CCCCN2)cc1. The standard InChI is InChI=1S/C18H28N2O/c1-21-15-10-8-14(9-11-15)13-20-18-7-4-5-16(18)17-6-2-3-12-19-17/h8-11,16-20H,2-7,12-13H2,1H3. The normalized spacial score (nSPS) is 29.5. The average molecular weight is 288 g/mol. The Morgan fingerprint density at radius 2 is 1.95 bits per heavy atom. The van der Waals surface area contributed by atoms with E-state index in [4.69, 9.17) is 4.74 Å². The molecule has 2 aliphatic rings. The fraction of sp³-hybridized carbons (Fsp3) is 0.667. The molecule has 1 aromatic rings. The van der Waals surface area contributed by atoms with Crippen molar-refractivity contribution in [1.29, 1.82) is 0 Å². The second kappa shape index (κ2) is 7.28. The fourth-order valence-electron chi connectivity index (χ4n) is 3.96. The molecule has 0 amide bonds. The Balaban J connectivity index is 1.53. The molecule has 2 N–H and O–H groups in total. The zero-order chi connectivity index (χ0) is 14.5. The number of hydrogen-bond acceptors (Lipinski definition) is 3. The zero-order valence-electron chi connectivity index (χ0n) is 13.1. The quantitative estimate of drug-likeness (QED) is 0.873. The Hall–Kier alpha value is -1.06. The Labute approximate surface area is 128 Å². The van der Waals surface area contributed by atoms with Gasteiger partial charge in [0.05, 0.1) is 7.11 Å². The molecule has 1 saturated heterocycles. The van der Waals surface area contributed by atoms with Crippen LogP contribution in [0.2, 0.25) is 0 Å². The number of ether oxygens (including phenoxy) is 1. The van der Waals surface area contributed by atoms with E-state index in [9.17, 15) is 0 Å². The summed E-state index contributed by atoms with van der Waals surface area (Å²) < 4.78 is 5.21. The molecule has 0 spiro atoms. The van der Waals surface area contributed by atoms with Crippen molar-refractivity contribution in [2.45, 2.75) is 57.2 Å². The molecule has 2 fully saturated rings. The van der Waals surface area contributed by atoms with Crippen molar-refractivity contribution in [2.75, 3.05) is 13.7 Å². The van der Waals surface area contributed by atoms with Crippen LogP contribution in [0.3, 0.4) is 0 Å². The molecule has 1 saturated carbocycles. The number of nitrogens with one attached hydrogen (secondary N) is 2. The molecule has 0 bridgehead atoms. The van der Waals surface area contributed by atoms with Gasteiger partial charge in [-0.3, -0.25) is 0 Å². The molecule has 3 nitrogen and oxygen atoms in total. The smallest absolute Gasteiger partial charge is 0.118 e. The maximum atomic E-state index is 5.21. The average Bonchev–Trinajstić information content (AvgIpc) is 3.03. The summed E-state index contributed by atoms with van der Waals surface area (Å²) in [4.78, 5) is 0. The first kappa shape index (κ1) is 14.9. The number of rotatable bonds is 5. The minimum Gasteiger partial charge on any atom is -0.497 e. The third-order valence-electron chi connectivity index (χ3n) is 5.16. The largest absolute Gasteiger partial charge is 0.497 e. The summed E-state index contributed by atoms with van der Waals surface area (Å²) in [5.74, 6) is 1.76. The van der Waals surface area contributed by atoms with Crippen LogP contribution in [0.1, 0.15) is 44.1 Å². The van der Waals surface area contributed by atoms with Gasteiger partial charge in [-0.05, 0) is 55.8 Å². The van der Waals surface area contributed by atoms with E-state index >= 15 is 0 Å². The zero-order valence-corrected chi connectivity index (χ0v) is 13.1. The van der Waals surface area contributed by atoms with Crippen molar-refractivity contribution in [3.05, 3.63) is 29.8 Å². The van der Waals surface area contributed by atoms with Gasteiger partial charge >= 0.3 is 0 Å². The van der Waals surface area contributed by atoms with Crippen LogP contribution in [0, 0.1) is 5.92 Å². The van der Waals surface area contributed by atoms with Crippen LogP contribution >= 0.6 is 0 Å². The highest BCUT2D eigenvalue weighted by Gasteiger charge is 2.33. The molecular formula is C18H28N2O. The minimum atomic E-state index is 0.683.